The first-order valence-electron chi connectivity index (χ1n) is 6.21. The quantitative estimate of drug-likeness (QED) is 0.482. The highest BCUT2D eigenvalue weighted by Crippen LogP contribution is 2.21. The van der Waals surface area contributed by atoms with Crippen molar-refractivity contribution in [3.05, 3.63) is 29.8 Å². The van der Waals surface area contributed by atoms with Gasteiger partial charge in [0.1, 0.15) is 18.0 Å². The molecule has 2 unspecified atom stereocenters. The normalized spacial score (nSPS) is 25.6. The van der Waals surface area contributed by atoms with E-state index in [1.165, 1.54) is 0 Å². The van der Waals surface area contributed by atoms with E-state index >= 15 is 0 Å². The Labute approximate surface area is 117 Å². The zero-order chi connectivity index (χ0) is 14.8. The molecule has 2 rings (SSSR count). The molecule has 1 aromatic carbocycles. The SMILES string of the molecule is C/C(Cc1ccc(OC2CS(=O)(=O)CC2O)cc1)=N/O. The maximum Gasteiger partial charge on any atom is 0.156 e. The van der Waals surface area contributed by atoms with Gasteiger partial charge in [0.15, 0.2) is 9.84 Å². The van der Waals surface area contributed by atoms with Crippen molar-refractivity contribution >= 4 is 15.5 Å². The van der Waals surface area contributed by atoms with Crippen molar-refractivity contribution < 1.29 is 23.5 Å². The van der Waals surface area contributed by atoms with Crippen LogP contribution in [0.1, 0.15) is 12.5 Å². The number of benzene rings is 1. The summed E-state index contributed by atoms with van der Waals surface area (Å²) >= 11 is 0. The molecule has 0 aromatic heterocycles. The molecular weight excluding hydrogens is 282 g/mol. The second-order valence-corrected chi connectivity index (χ2v) is 7.11. The number of aliphatic hydroxyl groups excluding tert-OH is 1. The van der Waals surface area contributed by atoms with Gasteiger partial charge in [-0.3, -0.25) is 0 Å². The fourth-order valence-corrected chi connectivity index (χ4v) is 3.76. The summed E-state index contributed by atoms with van der Waals surface area (Å²) in [7, 11) is -3.21. The smallest absolute Gasteiger partial charge is 0.156 e. The van der Waals surface area contributed by atoms with Crippen LogP contribution >= 0.6 is 0 Å². The molecule has 0 aliphatic carbocycles. The third-order valence-electron chi connectivity index (χ3n) is 3.11. The highest BCUT2D eigenvalue weighted by Gasteiger charge is 2.38. The molecule has 1 heterocycles. The number of aliphatic hydroxyl groups is 1. The highest BCUT2D eigenvalue weighted by molar-refractivity contribution is 7.91. The molecular formula is C13H17NO5S. The van der Waals surface area contributed by atoms with Gasteiger partial charge in [-0.2, -0.15) is 0 Å². The van der Waals surface area contributed by atoms with Crippen LogP contribution in [0, 0.1) is 0 Å². The molecule has 0 radical (unpaired) electrons. The number of oxime groups is 1. The number of sulfone groups is 1. The van der Waals surface area contributed by atoms with Crippen molar-refractivity contribution in [3.8, 4) is 5.75 Å². The van der Waals surface area contributed by atoms with E-state index in [1.807, 2.05) is 0 Å². The van der Waals surface area contributed by atoms with Crippen LogP contribution in [-0.4, -0.2) is 48.2 Å². The first kappa shape index (κ1) is 14.8. The second kappa shape index (κ2) is 5.80. The first-order chi connectivity index (χ1) is 9.39. The Bertz CT molecular complexity index is 594. The molecule has 1 aliphatic rings. The lowest BCUT2D eigenvalue weighted by Gasteiger charge is -2.15. The van der Waals surface area contributed by atoms with Crippen LogP contribution in [0.2, 0.25) is 0 Å². The molecule has 0 saturated carbocycles. The van der Waals surface area contributed by atoms with Crippen LogP contribution in [0.3, 0.4) is 0 Å². The third-order valence-corrected chi connectivity index (χ3v) is 4.80. The molecule has 0 spiro atoms. The maximum absolute atomic E-state index is 11.4. The number of ether oxygens (including phenoxy) is 1. The minimum atomic E-state index is -3.21. The second-order valence-electron chi connectivity index (χ2n) is 4.96. The van der Waals surface area contributed by atoms with Gasteiger partial charge in [-0.25, -0.2) is 8.42 Å². The molecule has 6 nitrogen and oxygen atoms in total. The van der Waals surface area contributed by atoms with Gasteiger partial charge in [-0.1, -0.05) is 17.3 Å². The van der Waals surface area contributed by atoms with E-state index in [4.69, 9.17) is 9.94 Å². The van der Waals surface area contributed by atoms with E-state index < -0.39 is 22.0 Å². The number of rotatable bonds is 4. The predicted octanol–water partition coefficient (Wildman–Crippen LogP) is 0.616. The van der Waals surface area contributed by atoms with Crippen LogP contribution in [-0.2, 0) is 16.3 Å². The maximum atomic E-state index is 11.4. The molecule has 0 bridgehead atoms. The summed E-state index contributed by atoms with van der Waals surface area (Å²) in [5, 5.41) is 21.3. The van der Waals surface area contributed by atoms with Crippen LogP contribution in [0.15, 0.2) is 29.4 Å². The van der Waals surface area contributed by atoms with Gasteiger partial charge in [-0.05, 0) is 24.6 Å². The Hall–Kier alpha value is -1.60. The molecule has 7 heteroatoms. The monoisotopic (exact) mass is 299 g/mol. The fourth-order valence-electron chi connectivity index (χ4n) is 2.10. The van der Waals surface area contributed by atoms with Gasteiger partial charge in [0, 0.05) is 6.42 Å². The summed E-state index contributed by atoms with van der Waals surface area (Å²) in [4.78, 5) is 0. The van der Waals surface area contributed by atoms with Gasteiger partial charge < -0.3 is 15.1 Å². The molecule has 2 N–H and O–H groups in total. The highest BCUT2D eigenvalue weighted by atomic mass is 32.2. The van der Waals surface area contributed by atoms with Crippen LogP contribution in [0.5, 0.6) is 5.75 Å². The fraction of sp³-hybridized carbons (Fsp3) is 0.462. The largest absolute Gasteiger partial charge is 0.487 e. The topological polar surface area (TPSA) is 96.2 Å². The lowest BCUT2D eigenvalue weighted by Crippen LogP contribution is -2.29. The van der Waals surface area contributed by atoms with Gasteiger partial charge in [0.25, 0.3) is 0 Å². The number of nitrogens with zero attached hydrogens (tertiary/aromatic N) is 1. The predicted molar refractivity (Wildman–Crippen MR) is 74.1 cm³/mol. The molecule has 1 aliphatic heterocycles. The molecule has 0 amide bonds. The van der Waals surface area contributed by atoms with Crippen LogP contribution in [0.25, 0.3) is 0 Å². The Morgan fingerprint density at radius 3 is 2.50 bits per heavy atom. The van der Waals surface area contributed by atoms with Crippen molar-refractivity contribution in [2.24, 2.45) is 5.16 Å². The molecule has 1 saturated heterocycles. The van der Waals surface area contributed by atoms with E-state index in [9.17, 15) is 13.5 Å². The zero-order valence-corrected chi connectivity index (χ0v) is 11.9. The van der Waals surface area contributed by atoms with Crippen molar-refractivity contribution in [1.82, 2.24) is 0 Å². The Morgan fingerprint density at radius 1 is 1.35 bits per heavy atom. The van der Waals surface area contributed by atoms with Gasteiger partial charge in [0.2, 0.25) is 0 Å². The summed E-state index contributed by atoms with van der Waals surface area (Å²) in [6.07, 6.45) is -1.17. The average molecular weight is 299 g/mol. The minimum absolute atomic E-state index is 0.161. The Balaban J connectivity index is 2.01. The first-order valence-corrected chi connectivity index (χ1v) is 8.03. The summed E-state index contributed by atoms with van der Waals surface area (Å²) in [5.74, 6) is 0.0992. The van der Waals surface area contributed by atoms with Gasteiger partial charge in [0.05, 0.1) is 17.2 Å². The molecule has 1 fully saturated rings. The van der Waals surface area contributed by atoms with Crippen molar-refractivity contribution in [1.29, 1.82) is 0 Å². The van der Waals surface area contributed by atoms with Crippen LogP contribution < -0.4 is 4.74 Å². The Morgan fingerprint density at radius 2 is 2.00 bits per heavy atom. The molecule has 110 valence electrons. The molecule has 1 aromatic rings. The van der Waals surface area contributed by atoms with Crippen molar-refractivity contribution in [3.63, 3.8) is 0 Å². The van der Waals surface area contributed by atoms with E-state index in [0.717, 1.165) is 5.56 Å². The molecule has 2 atom stereocenters. The summed E-state index contributed by atoms with van der Waals surface area (Å²) in [6, 6.07) is 7.02. The van der Waals surface area contributed by atoms with E-state index in [2.05, 4.69) is 5.16 Å². The van der Waals surface area contributed by atoms with E-state index in [0.29, 0.717) is 17.9 Å². The van der Waals surface area contributed by atoms with E-state index in [1.54, 1.807) is 31.2 Å². The molecule has 20 heavy (non-hydrogen) atoms. The van der Waals surface area contributed by atoms with Crippen molar-refractivity contribution in [2.45, 2.75) is 25.6 Å². The lowest BCUT2D eigenvalue weighted by molar-refractivity contribution is 0.0738. The number of hydrogen-bond donors (Lipinski definition) is 2. The number of hydrogen-bond acceptors (Lipinski definition) is 6. The Kier molecular flexibility index (Phi) is 4.29. The minimum Gasteiger partial charge on any atom is -0.487 e. The zero-order valence-electron chi connectivity index (χ0n) is 11.1. The van der Waals surface area contributed by atoms with Gasteiger partial charge >= 0.3 is 0 Å². The summed E-state index contributed by atoms with van der Waals surface area (Å²) in [5.41, 5.74) is 1.54. The van der Waals surface area contributed by atoms with E-state index in [-0.39, 0.29) is 11.5 Å². The summed E-state index contributed by atoms with van der Waals surface area (Å²) in [6.45, 7) is 1.71. The van der Waals surface area contributed by atoms with Crippen molar-refractivity contribution in [2.75, 3.05) is 11.5 Å². The standard InChI is InChI=1S/C13H17NO5S/c1-9(14-16)6-10-2-4-11(5-3-10)19-13-8-20(17,18)7-12(13)15/h2-5,12-13,15-16H,6-8H2,1H3/b14-9-. The summed E-state index contributed by atoms with van der Waals surface area (Å²) < 4.78 is 28.2. The third kappa shape index (κ3) is 3.71. The van der Waals surface area contributed by atoms with Crippen LogP contribution in [0.4, 0.5) is 0 Å². The lowest BCUT2D eigenvalue weighted by atomic mass is 10.1. The van der Waals surface area contributed by atoms with Gasteiger partial charge in [-0.15, -0.1) is 0 Å². The average Bonchev–Trinajstić information content (AvgIpc) is 2.64.